The van der Waals surface area contributed by atoms with Gasteiger partial charge in [-0.05, 0) is 34.2 Å². The van der Waals surface area contributed by atoms with Gasteiger partial charge in [-0.3, -0.25) is 9.20 Å². The topological polar surface area (TPSA) is 83.3 Å². The standard InChI is InChI=1S/C25H18N4O2S/c26-16-32-21(18-7-2-1-3-8-18)15-27-24(30)23-22(28-25-29(23)12-13-31-25)20-11-10-17-6-4-5-9-19(17)14-20/h1-14,21H,15H2,(H,27,30). The molecule has 0 saturated heterocycles. The minimum Gasteiger partial charge on any atom is -0.432 e. The SMILES string of the molecule is N#CSC(CNC(=O)c1c(-c2ccc3ccccc3c2)nc2occn12)c1ccccc1. The number of nitrogens with zero attached hydrogens (tertiary/aromatic N) is 3. The van der Waals surface area contributed by atoms with Crippen LogP contribution in [0.15, 0.2) is 89.7 Å². The van der Waals surface area contributed by atoms with Gasteiger partial charge in [-0.1, -0.05) is 66.7 Å². The molecule has 0 fully saturated rings. The van der Waals surface area contributed by atoms with E-state index >= 15 is 0 Å². The van der Waals surface area contributed by atoms with Crippen molar-refractivity contribution in [1.29, 1.82) is 5.26 Å². The lowest BCUT2D eigenvalue weighted by molar-refractivity contribution is 0.0948. The Hall–Kier alpha value is -4.02. The number of amides is 1. The maximum atomic E-state index is 13.3. The zero-order valence-electron chi connectivity index (χ0n) is 16.9. The van der Waals surface area contributed by atoms with Crippen molar-refractivity contribution >= 4 is 34.3 Å². The zero-order valence-corrected chi connectivity index (χ0v) is 17.8. The van der Waals surface area contributed by atoms with E-state index in [2.05, 4.69) is 15.7 Å². The van der Waals surface area contributed by atoms with Crippen LogP contribution in [-0.4, -0.2) is 21.8 Å². The molecule has 0 aliphatic rings. The predicted octanol–water partition coefficient (Wildman–Crippen LogP) is 5.43. The lowest BCUT2D eigenvalue weighted by atomic mass is 10.0. The number of aromatic nitrogens is 2. The summed E-state index contributed by atoms with van der Waals surface area (Å²) >= 11 is 1.13. The number of nitrogens with one attached hydrogen (secondary N) is 1. The normalized spacial score (nSPS) is 12.0. The Morgan fingerprint density at radius 2 is 1.88 bits per heavy atom. The van der Waals surface area contributed by atoms with E-state index in [-0.39, 0.29) is 11.2 Å². The molecule has 6 nitrogen and oxygen atoms in total. The van der Waals surface area contributed by atoms with Crippen molar-refractivity contribution in [3.63, 3.8) is 0 Å². The Morgan fingerprint density at radius 3 is 2.69 bits per heavy atom. The lowest BCUT2D eigenvalue weighted by Gasteiger charge is -2.14. The summed E-state index contributed by atoms with van der Waals surface area (Å²) in [5.41, 5.74) is 2.77. The average Bonchev–Trinajstić information content (AvgIpc) is 3.43. The molecule has 0 spiro atoms. The number of carbonyl (C=O) groups is 1. The van der Waals surface area contributed by atoms with E-state index in [0.717, 1.165) is 33.7 Å². The summed E-state index contributed by atoms with van der Waals surface area (Å²) in [5.74, 6) is 0.0749. The first-order valence-corrected chi connectivity index (χ1v) is 10.9. The molecule has 0 radical (unpaired) electrons. The number of fused-ring (bicyclic) bond motifs is 2. The summed E-state index contributed by atoms with van der Waals surface area (Å²) < 4.78 is 7.10. The van der Waals surface area contributed by atoms with Crippen LogP contribution in [0.5, 0.6) is 0 Å². The third-order valence-corrected chi connectivity index (χ3v) is 6.14. The van der Waals surface area contributed by atoms with Gasteiger partial charge in [-0.15, -0.1) is 0 Å². The van der Waals surface area contributed by atoms with E-state index in [9.17, 15) is 10.1 Å². The van der Waals surface area contributed by atoms with E-state index in [0.29, 0.717) is 23.8 Å². The summed E-state index contributed by atoms with van der Waals surface area (Å²) in [7, 11) is 0. The highest BCUT2D eigenvalue weighted by Gasteiger charge is 2.23. The molecule has 3 aromatic carbocycles. The van der Waals surface area contributed by atoms with Crippen LogP contribution in [0, 0.1) is 10.7 Å². The molecule has 5 rings (SSSR count). The van der Waals surface area contributed by atoms with Crippen LogP contribution < -0.4 is 5.32 Å². The molecule has 0 aliphatic heterocycles. The molecule has 1 atom stereocenters. The molecule has 2 aromatic heterocycles. The molecule has 0 aliphatic carbocycles. The predicted molar refractivity (Wildman–Crippen MR) is 125 cm³/mol. The summed E-state index contributed by atoms with van der Waals surface area (Å²) in [6.45, 7) is 0.309. The number of rotatable bonds is 6. The highest BCUT2D eigenvalue weighted by atomic mass is 32.2. The van der Waals surface area contributed by atoms with Crippen molar-refractivity contribution in [3.05, 3.63) is 96.5 Å². The number of nitriles is 1. The van der Waals surface area contributed by atoms with Gasteiger partial charge in [0.15, 0.2) is 0 Å². The van der Waals surface area contributed by atoms with E-state index < -0.39 is 0 Å². The number of hydrogen-bond donors (Lipinski definition) is 1. The molecule has 1 N–H and O–H groups in total. The molecule has 0 saturated carbocycles. The minimum atomic E-state index is -0.276. The number of benzene rings is 3. The fourth-order valence-corrected chi connectivity index (χ4v) is 4.36. The summed E-state index contributed by atoms with van der Waals surface area (Å²) in [6, 6.07) is 23.7. The molecular formula is C25H18N4O2S. The average molecular weight is 439 g/mol. The number of carbonyl (C=O) groups excluding carboxylic acids is 1. The minimum absolute atomic E-state index is 0.179. The first-order chi connectivity index (χ1) is 15.7. The lowest BCUT2D eigenvalue weighted by Crippen LogP contribution is -2.28. The highest BCUT2D eigenvalue weighted by Crippen LogP contribution is 2.30. The van der Waals surface area contributed by atoms with Gasteiger partial charge in [0.25, 0.3) is 5.91 Å². The van der Waals surface area contributed by atoms with Crippen molar-refractivity contribution in [2.45, 2.75) is 5.25 Å². The number of hydrogen-bond acceptors (Lipinski definition) is 5. The van der Waals surface area contributed by atoms with Crippen molar-refractivity contribution in [2.24, 2.45) is 0 Å². The van der Waals surface area contributed by atoms with Crippen LogP contribution in [0.1, 0.15) is 21.3 Å². The third kappa shape index (κ3) is 3.72. The Morgan fingerprint density at radius 1 is 1.09 bits per heavy atom. The van der Waals surface area contributed by atoms with Gasteiger partial charge in [-0.2, -0.15) is 10.2 Å². The van der Waals surface area contributed by atoms with Crippen LogP contribution in [-0.2, 0) is 0 Å². The van der Waals surface area contributed by atoms with Crippen LogP contribution in [0.25, 0.3) is 27.9 Å². The van der Waals surface area contributed by atoms with Gasteiger partial charge in [0, 0.05) is 18.3 Å². The van der Waals surface area contributed by atoms with Crippen molar-refractivity contribution in [1.82, 2.24) is 14.7 Å². The monoisotopic (exact) mass is 438 g/mol. The zero-order chi connectivity index (χ0) is 21.9. The van der Waals surface area contributed by atoms with E-state index in [1.54, 1.807) is 10.6 Å². The number of oxazole rings is 1. The molecule has 32 heavy (non-hydrogen) atoms. The second-order valence-corrected chi connectivity index (χ2v) is 8.23. The second kappa shape index (κ2) is 8.61. The Balaban J connectivity index is 1.48. The van der Waals surface area contributed by atoms with Crippen LogP contribution >= 0.6 is 11.8 Å². The highest BCUT2D eigenvalue weighted by molar-refractivity contribution is 8.03. The summed E-state index contributed by atoms with van der Waals surface area (Å²) in [4.78, 5) is 17.9. The third-order valence-electron chi connectivity index (χ3n) is 5.31. The molecule has 7 heteroatoms. The molecule has 5 aromatic rings. The number of imidazole rings is 1. The van der Waals surface area contributed by atoms with Gasteiger partial charge in [0.05, 0.1) is 5.25 Å². The van der Waals surface area contributed by atoms with Gasteiger partial charge >= 0.3 is 5.84 Å². The van der Waals surface area contributed by atoms with Crippen LogP contribution in [0.3, 0.4) is 0 Å². The molecule has 0 bridgehead atoms. The van der Waals surface area contributed by atoms with Gasteiger partial charge < -0.3 is 9.73 Å². The number of thioether (sulfide) groups is 1. The molecule has 156 valence electrons. The maximum absolute atomic E-state index is 13.3. The van der Waals surface area contributed by atoms with E-state index in [1.807, 2.05) is 72.8 Å². The summed E-state index contributed by atoms with van der Waals surface area (Å²) in [5, 5.41) is 16.3. The van der Waals surface area contributed by atoms with Crippen molar-refractivity contribution in [2.75, 3.05) is 6.54 Å². The summed E-state index contributed by atoms with van der Waals surface area (Å²) in [6.07, 6.45) is 3.18. The fraction of sp³-hybridized carbons (Fsp3) is 0.0800. The van der Waals surface area contributed by atoms with Gasteiger partial charge in [0.1, 0.15) is 23.1 Å². The van der Waals surface area contributed by atoms with Gasteiger partial charge in [0.2, 0.25) is 0 Å². The molecule has 1 unspecified atom stereocenters. The second-order valence-electron chi connectivity index (χ2n) is 7.25. The van der Waals surface area contributed by atoms with Crippen LogP contribution in [0.4, 0.5) is 0 Å². The Labute approximate surface area is 188 Å². The number of thiocyanates is 1. The quantitative estimate of drug-likeness (QED) is 0.357. The first-order valence-electron chi connectivity index (χ1n) is 10.1. The largest absolute Gasteiger partial charge is 0.432 e. The Kier molecular flexibility index (Phi) is 5.36. The maximum Gasteiger partial charge on any atom is 0.306 e. The van der Waals surface area contributed by atoms with Crippen LogP contribution in [0.2, 0.25) is 0 Å². The molecule has 1 amide bonds. The van der Waals surface area contributed by atoms with Crippen molar-refractivity contribution < 1.29 is 9.21 Å². The van der Waals surface area contributed by atoms with Gasteiger partial charge in [-0.25, -0.2) is 0 Å². The van der Waals surface area contributed by atoms with Crippen molar-refractivity contribution in [3.8, 4) is 16.7 Å². The Bertz CT molecular complexity index is 1450. The van der Waals surface area contributed by atoms with E-state index in [1.165, 1.54) is 6.26 Å². The first kappa shape index (κ1) is 19.9. The smallest absolute Gasteiger partial charge is 0.306 e. The molecule has 2 heterocycles. The fourth-order valence-electron chi connectivity index (χ4n) is 3.77. The molecular weight excluding hydrogens is 420 g/mol. The van der Waals surface area contributed by atoms with E-state index in [4.69, 9.17) is 4.42 Å².